The molecule has 0 bridgehead atoms. The van der Waals surface area contributed by atoms with Crippen molar-refractivity contribution in [1.29, 1.82) is 0 Å². The number of rotatable bonds is 7. The van der Waals surface area contributed by atoms with Crippen molar-refractivity contribution < 1.29 is 17.6 Å². The summed E-state index contributed by atoms with van der Waals surface area (Å²) < 4.78 is 38.5. The largest absolute Gasteiger partial charge is 0.492 e. The molecule has 0 aliphatic carbocycles. The van der Waals surface area contributed by atoms with Gasteiger partial charge in [-0.05, 0) is 44.0 Å². The van der Waals surface area contributed by atoms with Crippen molar-refractivity contribution in [3.63, 3.8) is 0 Å². The molecule has 1 atom stereocenters. The Morgan fingerprint density at radius 3 is 2.76 bits per heavy atom. The van der Waals surface area contributed by atoms with Crippen molar-refractivity contribution in [2.75, 3.05) is 18.9 Å². The van der Waals surface area contributed by atoms with Crippen LogP contribution in [-0.4, -0.2) is 46.8 Å². The highest BCUT2D eigenvalue weighted by Crippen LogP contribution is 2.34. The average Bonchev–Trinajstić information content (AvgIpc) is 3.39. The molecular weight excluding hydrogens is 392 g/mol. The summed E-state index contributed by atoms with van der Waals surface area (Å²) in [5.41, 5.74) is 1.59. The lowest BCUT2D eigenvalue weighted by atomic mass is 10.2. The third-order valence-electron chi connectivity index (χ3n) is 4.80. The second-order valence-electron chi connectivity index (χ2n) is 6.88. The summed E-state index contributed by atoms with van der Waals surface area (Å²) in [6, 6.07) is 12.4. The van der Waals surface area contributed by atoms with Crippen molar-refractivity contribution in [3.8, 4) is 17.2 Å². The molecule has 1 saturated heterocycles. The van der Waals surface area contributed by atoms with E-state index in [0.29, 0.717) is 36.1 Å². The van der Waals surface area contributed by atoms with Crippen molar-refractivity contribution in [1.82, 2.24) is 19.5 Å². The van der Waals surface area contributed by atoms with E-state index in [0.717, 1.165) is 12.1 Å². The van der Waals surface area contributed by atoms with Crippen molar-refractivity contribution in [2.45, 2.75) is 25.8 Å². The molecule has 2 aromatic heterocycles. The zero-order valence-electron chi connectivity index (χ0n) is 16.1. The van der Waals surface area contributed by atoms with Gasteiger partial charge < -0.3 is 9.15 Å². The fraction of sp³-hybridized carbons (Fsp3) is 0.350. The van der Waals surface area contributed by atoms with E-state index in [-0.39, 0.29) is 12.4 Å². The van der Waals surface area contributed by atoms with E-state index < -0.39 is 16.1 Å². The number of aryl methyl sites for hydroxylation is 1. The molecule has 1 unspecified atom stereocenters. The van der Waals surface area contributed by atoms with E-state index in [1.54, 1.807) is 18.3 Å². The molecule has 0 radical (unpaired) electrons. The Hall–Kier alpha value is -2.78. The molecule has 4 rings (SSSR count). The third-order valence-corrected chi connectivity index (χ3v) is 6.63. The van der Waals surface area contributed by atoms with Crippen LogP contribution in [-0.2, 0) is 10.0 Å². The summed E-state index contributed by atoms with van der Waals surface area (Å²) in [6.45, 7) is 2.41. The van der Waals surface area contributed by atoms with Crippen molar-refractivity contribution >= 4 is 10.0 Å². The van der Waals surface area contributed by atoms with Crippen molar-refractivity contribution in [2.24, 2.45) is 0 Å². The molecule has 9 heteroatoms. The molecule has 29 heavy (non-hydrogen) atoms. The Bertz CT molecular complexity index is 1050. The molecule has 3 aromatic rings. The summed E-state index contributed by atoms with van der Waals surface area (Å²) in [6.07, 6.45) is 3.05. The Balaban J connectivity index is 1.45. The Morgan fingerprint density at radius 2 is 2.00 bits per heavy atom. The van der Waals surface area contributed by atoms with Gasteiger partial charge in [-0.2, -0.15) is 4.31 Å². The first-order chi connectivity index (χ1) is 14.0. The monoisotopic (exact) mass is 414 g/mol. The number of nitrogens with zero attached hydrogens (tertiary/aromatic N) is 4. The lowest BCUT2D eigenvalue weighted by Gasteiger charge is -2.21. The topological polar surface area (TPSA) is 98.4 Å². The van der Waals surface area contributed by atoms with Gasteiger partial charge in [0.1, 0.15) is 18.4 Å². The molecule has 1 fully saturated rings. The van der Waals surface area contributed by atoms with E-state index in [1.165, 1.54) is 4.31 Å². The van der Waals surface area contributed by atoms with Crippen LogP contribution in [0.5, 0.6) is 5.75 Å². The first kappa shape index (κ1) is 19.5. The first-order valence-corrected chi connectivity index (χ1v) is 11.1. The molecule has 0 N–H and O–H groups in total. The average molecular weight is 414 g/mol. The minimum Gasteiger partial charge on any atom is -0.492 e. The van der Waals surface area contributed by atoms with Gasteiger partial charge in [0.25, 0.3) is 0 Å². The summed E-state index contributed by atoms with van der Waals surface area (Å²) in [4.78, 5) is 4.23. The lowest BCUT2D eigenvalue weighted by Crippen LogP contribution is -2.34. The van der Waals surface area contributed by atoms with E-state index >= 15 is 0 Å². The quantitative estimate of drug-likeness (QED) is 0.586. The molecule has 3 heterocycles. The van der Waals surface area contributed by atoms with Gasteiger partial charge in [-0.1, -0.05) is 18.2 Å². The van der Waals surface area contributed by atoms with E-state index in [2.05, 4.69) is 15.2 Å². The van der Waals surface area contributed by atoms with Crippen LogP contribution >= 0.6 is 0 Å². The predicted octanol–water partition coefficient (Wildman–Crippen LogP) is 2.99. The van der Waals surface area contributed by atoms with Crippen LogP contribution in [0, 0.1) is 6.92 Å². The number of pyridine rings is 1. The number of hydrogen-bond acceptors (Lipinski definition) is 7. The zero-order chi connectivity index (χ0) is 20.3. The number of aromatic nitrogens is 3. The normalized spacial score (nSPS) is 17.5. The van der Waals surface area contributed by atoms with Gasteiger partial charge in [0, 0.05) is 18.4 Å². The van der Waals surface area contributed by atoms with Gasteiger partial charge >= 0.3 is 0 Å². The minimum atomic E-state index is -3.52. The van der Waals surface area contributed by atoms with Gasteiger partial charge in [-0.25, -0.2) is 8.42 Å². The lowest BCUT2D eigenvalue weighted by molar-refractivity contribution is 0.316. The second-order valence-corrected chi connectivity index (χ2v) is 8.92. The minimum absolute atomic E-state index is 0.0830. The standard InChI is InChI=1S/C20H22N4O4S/c1-15-9-10-16(14-21-15)19-22-23-20(28-19)18-8-5-11-24(18)29(25,26)13-12-27-17-6-3-2-4-7-17/h2-4,6-7,9-10,14,18H,5,8,11-13H2,1H3. The second kappa shape index (κ2) is 8.30. The summed E-state index contributed by atoms with van der Waals surface area (Å²) >= 11 is 0. The highest BCUT2D eigenvalue weighted by molar-refractivity contribution is 7.89. The molecule has 0 saturated carbocycles. The van der Waals surface area contributed by atoms with Gasteiger partial charge in [0.15, 0.2) is 0 Å². The third kappa shape index (κ3) is 4.46. The van der Waals surface area contributed by atoms with Crippen LogP contribution in [0.3, 0.4) is 0 Å². The fourth-order valence-corrected chi connectivity index (χ4v) is 4.82. The molecule has 152 valence electrons. The van der Waals surface area contributed by atoms with Crippen LogP contribution in [0.2, 0.25) is 0 Å². The Kier molecular flexibility index (Phi) is 5.59. The highest BCUT2D eigenvalue weighted by atomic mass is 32.2. The predicted molar refractivity (Wildman–Crippen MR) is 107 cm³/mol. The molecule has 0 amide bonds. The number of benzene rings is 1. The highest BCUT2D eigenvalue weighted by Gasteiger charge is 2.38. The molecule has 1 aliphatic rings. The molecule has 8 nitrogen and oxygen atoms in total. The summed E-state index contributed by atoms with van der Waals surface area (Å²) in [5, 5.41) is 8.18. The van der Waals surface area contributed by atoms with Crippen LogP contribution in [0.25, 0.3) is 11.5 Å². The van der Waals surface area contributed by atoms with Crippen LogP contribution in [0.15, 0.2) is 53.1 Å². The number of para-hydroxylation sites is 1. The summed E-state index contributed by atoms with van der Waals surface area (Å²) in [7, 11) is -3.52. The maximum absolute atomic E-state index is 12.9. The fourth-order valence-electron chi connectivity index (χ4n) is 3.30. The number of ether oxygens (including phenoxy) is 1. The Labute approximate surface area is 169 Å². The van der Waals surface area contributed by atoms with Crippen molar-refractivity contribution in [3.05, 3.63) is 60.2 Å². The first-order valence-electron chi connectivity index (χ1n) is 9.47. The van der Waals surface area contributed by atoms with E-state index in [4.69, 9.17) is 9.15 Å². The zero-order valence-corrected chi connectivity index (χ0v) is 16.9. The maximum Gasteiger partial charge on any atom is 0.249 e. The molecular formula is C20H22N4O4S. The summed E-state index contributed by atoms with van der Waals surface area (Å²) in [5.74, 6) is 1.19. The van der Waals surface area contributed by atoms with Crippen LogP contribution in [0.1, 0.15) is 30.5 Å². The van der Waals surface area contributed by atoms with Crippen LogP contribution < -0.4 is 4.74 Å². The van der Waals surface area contributed by atoms with E-state index in [1.807, 2.05) is 37.3 Å². The van der Waals surface area contributed by atoms with Gasteiger partial charge in [0.05, 0.1) is 11.3 Å². The smallest absolute Gasteiger partial charge is 0.249 e. The number of sulfonamides is 1. The van der Waals surface area contributed by atoms with Crippen LogP contribution in [0.4, 0.5) is 0 Å². The Morgan fingerprint density at radius 1 is 1.17 bits per heavy atom. The molecule has 1 aromatic carbocycles. The SMILES string of the molecule is Cc1ccc(-c2nnc(C3CCCN3S(=O)(=O)CCOc3ccccc3)o2)cn1. The van der Waals surface area contributed by atoms with Gasteiger partial charge in [0.2, 0.25) is 21.8 Å². The maximum atomic E-state index is 12.9. The molecule has 1 aliphatic heterocycles. The van der Waals surface area contributed by atoms with E-state index in [9.17, 15) is 8.42 Å². The number of hydrogen-bond donors (Lipinski definition) is 0. The molecule has 0 spiro atoms. The van der Waals surface area contributed by atoms with Gasteiger partial charge in [-0.15, -0.1) is 10.2 Å². The van der Waals surface area contributed by atoms with Gasteiger partial charge in [-0.3, -0.25) is 4.98 Å².